The van der Waals surface area contributed by atoms with Gasteiger partial charge in [-0.15, -0.1) is 11.1 Å². The first-order chi connectivity index (χ1) is 9.18. The average molecular weight is 384 g/mol. The van der Waals surface area contributed by atoms with Crippen LogP contribution in [0.25, 0.3) is 0 Å². The van der Waals surface area contributed by atoms with Crippen LogP contribution in [0.1, 0.15) is 12.8 Å². The molecule has 0 aromatic carbocycles. The Labute approximate surface area is 139 Å². The molecule has 0 unspecified atom stereocenters. The Morgan fingerprint density at radius 2 is 1.33 bits per heavy atom. The average Bonchev–Trinajstić information content (AvgIpc) is 2.08. The van der Waals surface area contributed by atoms with Crippen molar-refractivity contribution in [1.29, 1.82) is 5.26 Å². The predicted octanol–water partition coefficient (Wildman–Crippen LogP) is 4.89. The summed E-state index contributed by atoms with van der Waals surface area (Å²) in [5, 5.41) is 8.65. The fraction of sp³-hybridized carbons (Fsp3) is 0.917. The van der Waals surface area contributed by atoms with E-state index in [-0.39, 0.29) is 0 Å². The van der Waals surface area contributed by atoms with E-state index in [9.17, 15) is 0 Å². The maximum Gasteiger partial charge on any atom is 0.313 e. The van der Waals surface area contributed by atoms with Gasteiger partial charge in [-0.3, -0.25) is 0 Å². The molecule has 0 N–H and O–H groups in total. The highest BCUT2D eigenvalue weighted by Crippen LogP contribution is 2.26. The summed E-state index contributed by atoms with van der Waals surface area (Å²) in [6.45, 7) is 16.5. The van der Waals surface area contributed by atoms with E-state index in [1.807, 2.05) is 26.2 Å². The van der Waals surface area contributed by atoms with Gasteiger partial charge in [0.1, 0.15) is 0 Å². The maximum absolute atomic E-state index is 8.65. The van der Waals surface area contributed by atoms with E-state index in [0.29, 0.717) is 6.42 Å². The highest BCUT2D eigenvalue weighted by Gasteiger charge is 2.42. The number of hydrogen-bond donors (Lipinski definition) is 0. The molecule has 21 heavy (non-hydrogen) atoms. The number of nitrogens with zero attached hydrogens (tertiary/aromatic N) is 1. The van der Waals surface area contributed by atoms with Gasteiger partial charge in [0.2, 0.25) is 0 Å². The molecule has 0 atom stereocenters. The first-order valence-electron chi connectivity index (χ1n) is 7.34. The van der Waals surface area contributed by atoms with Gasteiger partial charge in [-0.1, -0.05) is 0 Å². The number of halogens is 1. The Hall–Kier alpha value is 0.528. The van der Waals surface area contributed by atoms with Crippen molar-refractivity contribution in [2.24, 2.45) is 0 Å². The Kier molecular flexibility index (Phi) is 8.07. The first-order valence-corrected chi connectivity index (χ1v) is 20.0. The molecule has 0 saturated heterocycles. The lowest BCUT2D eigenvalue weighted by molar-refractivity contribution is 0.332. The Morgan fingerprint density at radius 3 is 1.76 bits per heavy atom. The van der Waals surface area contributed by atoms with Gasteiger partial charge in [0.15, 0.2) is 8.32 Å². The standard InChI is InChI=1S/C12H30ClNO3Si4/c1-18(2,12-10-9-11-14)15-20(5,6)17-21(7,8)16-19(3,4)13/h9-10,12H2,1-8H3. The second kappa shape index (κ2) is 7.88. The van der Waals surface area contributed by atoms with E-state index < -0.39 is 33.1 Å². The van der Waals surface area contributed by atoms with Crippen molar-refractivity contribution in [3.8, 4) is 6.07 Å². The Bertz CT molecular complexity index is 378. The summed E-state index contributed by atoms with van der Waals surface area (Å²) in [7, 11) is -8.46. The van der Waals surface area contributed by atoms with Crippen LogP contribution in [0.2, 0.25) is 58.4 Å². The zero-order valence-electron chi connectivity index (χ0n) is 14.7. The lowest BCUT2D eigenvalue weighted by Crippen LogP contribution is -2.55. The zero-order valence-corrected chi connectivity index (χ0v) is 19.4. The van der Waals surface area contributed by atoms with Gasteiger partial charge >= 0.3 is 17.1 Å². The molecule has 0 radical (unpaired) electrons. The molecule has 0 rings (SSSR count). The monoisotopic (exact) mass is 383 g/mol. The van der Waals surface area contributed by atoms with Crippen LogP contribution < -0.4 is 0 Å². The second-order valence-corrected chi connectivity index (χ2v) is 24.8. The van der Waals surface area contributed by atoms with Crippen molar-refractivity contribution in [2.45, 2.75) is 71.3 Å². The third kappa shape index (κ3) is 11.7. The molecule has 0 amide bonds. The minimum Gasteiger partial charge on any atom is -0.436 e. The topological polar surface area (TPSA) is 51.5 Å². The van der Waals surface area contributed by atoms with Crippen molar-refractivity contribution in [1.82, 2.24) is 0 Å². The molecule has 0 aromatic rings. The van der Waals surface area contributed by atoms with Gasteiger partial charge in [0, 0.05) is 6.42 Å². The predicted molar refractivity (Wildman–Crippen MR) is 98.7 cm³/mol. The van der Waals surface area contributed by atoms with E-state index in [1.54, 1.807) is 0 Å². The van der Waals surface area contributed by atoms with Crippen molar-refractivity contribution in [3.05, 3.63) is 0 Å². The molecule has 9 heteroatoms. The second-order valence-electron chi connectivity index (χ2n) is 7.24. The fourth-order valence-electron chi connectivity index (χ4n) is 2.53. The maximum atomic E-state index is 8.65. The number of hydrogen-bond acceptors (Lipinski definition) is 4. The molecule has 124 valence electrons. The molecule has 0 saturated carbocycles. The van der Waals surface area contributed by atoms with E-state index in [4.69, 9.17) is 28.7 Å². The van der Waals surface area contributed by atoms with E-state index >= 15 is 0 Å². The summed E-state index contributed by atoms with van der Waals surface area (Å²) < 4.78 is 18.7. The molecule has 0 aromatic heterocycles. The molecule has 0 aliphatic heterocycles. The summed E-state index contributed by atoms with van der Waals surface area (Å²) in [4.78, 5) is 0. The smallest absolute Gasteiger partial charge is 0.313 e. The molecule has 0 aliphatic carbocycles. The third-order valence-corrected chi connectivity index (χ3v) is 16.8. The molecular weight excluding hydrogens is 354 g/mol. The van der Waals surface area contributed by atoms with Gasteiger partial charge in [-0.05, 0) is 64.8 Å². The van der Waals surface area contributed by atoms with Gasteiger partial charge < -0.3 is 12.3 Å². The lowest BCUT2D eigenvalue weighted by Gasteiger charge is -2.39. The minimum atomic E-state index is -2.28. The molecule has 4 nitrogen and oxygen atoms in total. The number of nitriles is 1. The van der Waals surface area contributed by atoms with Crippen LogP contribution >= 0.6 is 11.1 Å². The SMILES string of the molecule is C[Si](C)(Cl)O[Si](C)(C)O[Si](C)(C)O[Si](C)(C)CCCC#N. The van der Waals surface area contributed by atoms with Gasteiger partial charge in [-0.25, -0.2) is 0 Å². The minimum absolute atomic E-state index is 0.595. The van der Waals surface area contributed by atoms with Gasteiger partial charge in [0.25, 0.3) is 7.63 Å². The van der Waals surface area contributed by atoms with Crippen LogP contribution in [-0.2, 0) is 12.3 Å². The van der Waals surface area contributed by atoms with E-state index in [0.717, 1.165) is 12.5 Å². The zero-order chi connectivity index (χ0) is 16.9. The van der Waals surface area contributed by atoms with Gasteiger partial charge in [-0.2, -0.15) is 5.26 Å². The van der Waals surface area contributed by atoms with Crippen LogP contribution in [-0.4, -0.2) is 33.1 Å². The van der Waals surface area contributed by atoms with Gasteiger partial charge in [0.05, 0.1) is 6.07 Å². The van der Waals surface area contributed by atoms with Crippen LogP contribution in [0.3, 0.4) is 0 Å². The quantitative estimate of drug-likeness (QED) is 0.323. The lowest BCUT2D eigenvalue weighted by atomic mass is 10.4. The molecule has 0 heterocycles. The van der Waals surface area contributed by atoms with Crippen molar-refractivity contribution in [3.63, 3.8) is 0 Å². The van der Waals surface area contributed by atoms with E-state index in [1.165, 1.54) is 0 Å². The van der Waals surface area contributed by atoms with Crippen LogP contribution in [0.5, 0.6) is 0 Å². The van der Waals surface area contributed by atoms with Crippen molar-refractivity contribution < 1.29 is 12.3 Å². The van der Waals surface area contributed by atoms with E-state index in [2.05, 4.69) is 32.3 Å². The summed E-state index contributed by atoms with van der Waals surface area (Å²) in [6.07, 6.45) is 1.50. The largest absolute Gasteiger partial charge is 0.436 e. The third-order valence-electron chi connectivity index (χ3n) is 2.57. The summed E-state index contributed by atoms with van der Waals surface area (Å²) >= 11 is 6.29. The molecule has 0 bridgehead atoms. The molecular formula is C12H30ClNO3Si4. The number of unbranched alkanes of at least 4 members (excludes halogenated alkanes) is 1. The Balaban J connectivity index is 4.64. The van der Waals surface area contributed by atoms with Crippen LogP contribution in [0, 0.1) is 11.3 Å². The molecule has 0 aliphatic rings. The summed E-state index contributed by atoms with van der Waals surface area (Å²) in [6, 6.07) is 3.18. The fourth-order valence-corrected chi connectivity index (χ4v) is 21.5. The highest BCUT2D eigenvalue weighted by molar-refractivity contribution is 7.17. The number of rotatable bonds is 9. The normalized spacial score (nSPS) is 14.1. The highest BCUT2D eigenvalue weighted by atomic mass is 35.6. The van der Waals surface area contributed by atoms with Crippen molar-refractivity contribution in [2.75, 3.05) is 0 Å². The van der Waals surface area contributed by atoms with Crippen LogP contribution in [0.15, 0.2) is 0 Å². The summed E-state index contributed by atoms with van der Waals surface area (Å²) in [5.74, 6) is 0. The summed E-state index contributed by atoms with van der Waals surface area (Å²) in [5.41, 5.74) is 0. The van der Waals surface area contributed by atoms with Crippen molar-refractivity contribution >= 4 is 44.1 Å². The van der Waals surface area contributed by atoms with Crippen LogP contribution in [0.4, 0.5) is 0 Å². The molecule has 0 spiro atoms. The first kappa shape index (κ1) is 21.5. The Morgan fingerprint density at radius 1 is 0.857 bits per heavy atom. The molecule has 0 fully saturated rings.